The molecule has 0 aromatic heterocycles. The van der Waals surface area contributed by atoms with Crippen molar-refractivity contribution in [2.45, 2.75) is 52.7 Å². The van der Waals surface area contributed by atoms with Gasteiger partial charge in [-0.1, -0.05) is 23.7 Å². The third kappa shape index (κ3) is 6.82. The Morgan fingerprint density at radius 3 is 2.44 bits per heavy atom. The number of hydrogen-bond donors (Lipinski definition) is 1. The van der Waals surface area contributed by atoms with E-state index in [9.17, 15) is 18.0 Å². The summed E-state index contributed by atoms with van der Waals surface area (Å²) in [5, 5.41) is 3.37. The number of fused-ring (bicyclic) bond motifs is 1. The average molecular weight is 538 g/mol. The van der Waals surface area contributed by atoms with Crippen molar-refractivity contribution in [1.29, 1.82) is 0 Å². The lowest BCUT2D eigenvalue weighted by atomic mass is 10.1. The molecule has 36 heavy (non-hydrogen) atoms. The molecule has 2 aromatic carbocycles. The van der Waals surface area contributed by atoms with E-state index in [2.05, 4.69) is 5.32 Å². The van der Waals surface area contributed by atoms with Crippen LogP contribution in [-0.4, -0.2) is 55.8 Å². The van der Waals surface area contributed by atoms with Crippen LogP contribution in [0.25, 0.3) is 0 Å². The van der Waals surface area contributed by atoms with Crippen molar-refractivity contribution in [1.82, 2.24) is 10.2 Å². The van der Waals surface area contributed by atoms with Gasteiger partial charge in [0.15, 0.2) is 11.5 Å². The summed E-state index contributed by atoms with van der Waals surface area (Å²) in [6.45, 7) is 8.25. The van der Waals surface area contributed by atoms with Crippen molar-refractivity contribution in [3.8, 4) is 11.5 Å². The van der Waals surface area contributed by atoms with Crippen LogP contribution >= 0.6 is 11.6 Å². The summed E-state index contributed by atoms with van der Waals surface area (Å²) < 4.78 is 37.8. The second-order valence-corrected chi connectivity index (χ2v) is 12.1. The number of rotatable bonds is 9. The molecule has 1 atom stereocenters. The molecule has 11 heteroatoms. The molecule has 2 aromatic rings. The molecular weight excluding hydrogens is 506 g/mol. The number of hydrogen-bond acceptors (Lipinski definition) is 6. The standard InChI is InChI=1S/C25H32ClN3O6S/c1-6-36(32,33)29(20-10-11-21-22(13-20)35-16-34-21)15-23(30)28(14-18-8-7-9-19(26)12-18)17(2)24(31)27-25(3,4)5/h7-13,17H,6,14-16H2,1-5H3,(H,27,31)/t17-/m0/s1. The zero-order valence-electron chi connectivity index (χ0n) is 21.1. The zero-order valence-corrected chi connectivity index (χ0v) is 22.6. The molecule has 0 unspecified atom stereocenters. The second-order valence-electron chi connectivity index (χ2n) is 9.51. The van der Waals surface area contributed by atoms with Gasteiger partial charge >= 0.3 is 0 Å². The van der Waals surface area contributed by atoms with E-state index in [0.29, 0.717) is 22.1 Å². The van der Waals surface area contributed by atoms with Gasteiger partial charge in [0.2, 0.25) is 28.6 Å². The van der Waals surface area contributed by atoms with E-state index >= 15 is 0 Å². The maximum atomic E-state index is 13.7. The van der Waals surface area contributed by atoms with Gasteiger partial charge in [0.25, 0.3) is 0 Å². The molecule has 1 heterocycles. The number of ether oxygens (including phenoxy) is 2. The Morgan fingerprint density at radius 2 is 1.81 bits per heavy atom. The number of carbonyl (C=O) groups excluding carboxylic acids is 2. The normalized spacial score (nSPS) is 13.7. The molecule has 0 saturated heterocycles. The van der Waals surface area contributed by atoms with Gasteiger partial charge in [0.05, 0.1) is 11.4 Å². The zero-order chi connectivity index (χ0) is 26.7. The minimum atomic E-state index is -3.85. The van der Waals surface area contributed by atoms with Crippen molar-refractivity contribution in [2.24, 2.45) is 0 Å². The van der Waals surface area contributed by atoms with Gasteiger partial charge in [-0.15, -0.1) is 0 Å². The number of benzene rings is 2. The molecule has 0 saturated carbocycles. The first-order valence-corrected chi connectivity index (χ1v) is 13.6. The quantitative estimate of drug-likeness (QED) is 0.524. The molecule has 1 aliphatic heterocycles. The third-order valence-electron chi connectivity index (χ3n) is 5.53. The van der Waals surface area contributed by atoms with E-state index < -0.39 is 34.1 Å². The Balaban J connectivity index is 1.95. The topological polar surface area (TPSA) is 105 Å². The fourth-order valence-corrected chi connectivity index (χ4v) is 4.92. The lowest BCUT2D eigenvalue weighted by Crippen LogP contribution is -2.54. The maximum absolute atomic E-state index is 13.7. The molecule has 0 spiro atoms. The molecule has 0 radical (unpaired) electrons. The van der Waals surface area contributed by atoms with Gasteiger partial charge in [-0.25, -0.2) is 8.42 Å². The van der Waals surface area contributed by atoms with Gasteiger partial charge in [0, 0.05) is 23.2 Å². The number of carbonyl (C=O) groups is 2. The lowest BCUT2D eigenvalue weighted by molar-refractivity contribution is -0.140. The molecule has 0 fully saturated rings. The van der Waals surface area contributed by atoms with Crippen LogP contribution in [-0.2, 0) is 26.2 Å². The number of halogens is 1. The summed E-state index contributed by atoms with van der Waals surface area (Å²) in [5.74, 6) is -0.227. The molecule has 0 aliphatic carbocycles. The first-order chi connectivity index (χ1) is 16.8. The number of amides is 2. The molecule has 196 valence electrons. The van der Waals surface area contributed by atoms with Gasteiger partial charge in [-0.05, 0) is 64.4 Å². The largest absolute Gasteiger partial charge is 0.454 e. The smallest absolute Gasteiger partial charge is 0.244 e. The Kier molecular flexibility index (Phi) is 8.40. The molecular formula is C25H32ClN3O6S. The van der Waals surface area contributed by atoms with Crippen LogP contribution in [0.5, 0.6) is 11.5 Å². The molecule has 1 N–H and O–H groups in total. The fourth-order valence-electron chi connectivity index (χ4n) is 3.65. The Hall–Kier alpha value is -2.98. The van der Waals surface area contributed by atoms with E-state index in [4.69, 9.17) is 21.1 Å². The summed E-state index contributed by atoms with van der Waals surface area (Å²) in [4.78, 5) is 28.0. The second kappa shape index (κ2) is 11.0. The third-order valence-corrected chi connectivity index (χ3v) is 7.51. The Bertz CT molecular complexity index is 1230. The van der Waals surface area contributed by atoms with E-state index in [0.717, 1.165) is 4.31 Å². The SMILES string of the molecule is CCS(=O)(=O)N(CC(=O)N(Cc1cccc(Cl)c1)[C@@H](C)C(=O)NC(C)(C)C)c1ccc2c(c1)OCO2. The van der Waals surface area contributed by atoms with Gasteiger partial charge in [0.1, 0.15) is 12.6 Å². The van der Waals surface area contributed by atoms with Crippen molar-refractivity contribution < 1.29 is 27.5 Å². The summed E-state index contributed by atoms with van der Waals surface area (Å²) in [5.41, 5.74) is 0.461. The van der Waals surface area contributed by atoms with Crippen LogP contribution in [0.15, 0.2) is 42.5 Å². The molecule has 2 amide bonds. The Morgan fingerprint density at radius 1 is 1.11 bits per heavy atom. The summed E-state index contributed by atoms with van der Waals surface area (Å²) in [7, 11) is -3.85. The number of nitrogens with one attached hydrogen (secondary N) is 1. The highest BCUT2D eigenvalue weighted by molar-refractivity contribution is 7.92. The lowest BCUT2D eigenvalue weighted by Gasteiger charge is -2.33. The average Bonchev–Trinajstić information content (AvgIpc) is 3.27. The highest BCUT2D eigenvalue weighted by Gasteiger charge is 2.32. The fraction of sp³-hybridized carbons (Fsp3) is 0.440. The van der Waals surface area contributed by atoms with Crippen LogP contribution in [0, 0.1) is 0 Å². The van der Waals surface area contributed by atoms with Gasteiger partial charge in [-0.3, -0.25) is 13.9 Å². The van der Waals surface area contributed by atoms with Crippen LogP contribution in [0.2, 0.25) is 5.02 Å². The molecule has 9 nitrogen and oxygen atoms in total. The predicted molar refractivity (Wildman–Crippen MR) is 139 cm³/mol. The molecule has 1 aliphatic rings. The van der Waals surface area contributed by atoms with E-state index in [1.165, 1.54) is 17.9 Å². The minimum Gasteiger partial charge on any atom is -0.454 e. The molecule has 0 bridgehead atoms. The van der Waals surface area contributed by atoms with E-state index in [-0.39, 0.29) is 30.7 Å². The first-order valence-electron chi connectivity index (χ1n) is 11.6. The van der Waals surface area contributed by atoms with Crippen molar-refractivity contribution in [3.63, 3.8) is 0 Å². The summed E-state index contributed by atoms with van der Waals surface area (Å²) >= 11 is 6.13. The predicted octanol–water partition coefficient (Wildman–Crippen LogP) is 3.56. The first kappa shape index (κ1) is 27.6. The summed E-state index contributed by atoms with van der Waals surface area (Å²) in [6.07, 6.45) is 0. The van der Waals surface area contributed by atoms with Crippen LogP contribution in [0.1, 0.15) is 40.2 Å². The van der Waals surface area contributed by atoms with Crippen molar-refractivity contribution in [2.75, 3.05) is 23.4 Å². The van der Waals surface area contributed by atoms with Crippen LogP contribution in [0.4, 0.5) is 5.69 Å². The minimum absolute atomic E-state index is 0.0338. The van der Waals surface area contributed by atoms with E-state index in [1.54, 1.807) is 43.3 Å². The van der Waals surface area contributed by atoms with Crippen LogP contribution < -0.4 is 19.1 Å². The van der Waals surface area contributed by atoms with Gasteiger partial charge in [-0.2, -0.15) is 0 Å². The van der Waals surface area contributed by atoms with Crippen LogP contribution in [0.3, 0.4) is 0 Å². The number of anilines is 1. The van der Waals surface area contributed by atoms with Crippen molar-refractivity contribution >= 4 is 39.1 Å². The van der Waals surface area contributed by atoms with Gasteiger partial charge < -0.3 is 19.7 Å². The monoisotopic (exact) mass is 537 g/mol. The Labute approximate surface area is 217 Å². The molecule has 3 rings (SSSR count). The highest BCUT2D eigenvalue weighted by atomic mass is 35.5. The van der Waals surface area contributed by atoms with E-state index in [1.807, 2.05) is 20.8 Å². The number of sulfonamides is 1. The highest BCUT2D eigenvalue weighted by Crippen LogP contribution is 2.36. The van der Waals surface area contributed by atoms with Crippen molar-refractivity contribution in [3.05, 3.63) is 53.1 Å². The number of nitrogens with zero attached hydrogens (tertiary/aromatic N) is 2. The summed E-state index contributed by atoms with van der Waals surface area (Å²) in [6, 6.07) is 10.8. The maximum Gasteiger partial charge on any atom is 0.244 e.